The van der Waals surface area contributed by atoms with E-state index in [0.29, 0.717) is 5.75 Å². The molecule has 0 bridgehead atoms. The van der Waals surface area contributed by atoms with Crippen molar-refractivity contribution in [2.24, 2.45) is 5.73 Å². The molecule has 1 heterocycles. The molecule has 0 spiro atoms. The highest BCUT2D eigenvalue weighted by atomic mass is 16.5. The molecule has 5 nitrogen and oxygen atoms in total. The summed E-state index contributed by atoms with van der Waals surface area (Å²) in [5, 5.41) is 9.53. The summed E-state index contributed by atoms with van der Waals surface area (Å²) in [5.74, 6) is -0.252. The van der Waals surface area contributed by atoms with E-state index in [9.17, 15) is 9.90 Å². The summed E-state index contributed by atoms with van der Waals surface area (Å²) >= 11 is 0. The second-order valence-corrected chi connectivity index (χ2v) is 3.16. The Balaban J connectivity index is 2.98. The lowest BCUT2D eigenvalue weighted by Gasteiger charge is -2.07. The molecule has 0 aromatic carbocycles. The van der Waals surface area contributed by atoms with Gasteiger partial charge in [-0.25, -0.2) is 0 Å². The normalized spacial score (nSPS) is 10.0. The highest BCUT2D eigenvalue weighted by Crippen LogP contribution is 2.26. The van der Waals surface area contributed by atoms with Gasteiger partial charge < -0.3 is 15.6 Å². The Bertz CT molecular complexity index is 377. The summed E-state index contributed by atoms with van der Waals surface area (Å²) in [6, 6.07) is 1.52. The van der Waals surface area contributed by atoms with Crippen LogP contribution in [0.1, 0.15) is 12.6 Å². The Kier molecular flexibility index (Phi) is 3.49. The van der Waals surface area contributed by atoms with E-state index < -0.39 is 5.91 Å². The van der Waals surface area contributed by atoms with Crippen LogP contribution in [-0.4, -0.2) is 17.6 Å². The van der Waals surface area contributed by atoms with Gasteiger partial charge in [-0.1, -0.05) is 0 Å². The highest BCUT2D eigenvalue weighted by Gasteiger charge is 2.16. The third-order valence-electron chi connectivity index (χ3n) is 2.10. The average molecular weight is 211 g/mol. The molecule has 0 fully saturated rings. The van der Waals surface area contributed by atoms with Crippen molar-refractivity contribution in [3.63, 3.8) is 0 Å². The summed E-state index contributed by atoms with van der Waals surface area (Å²) < 4.78 is 7.02. The topological polar surface area (TPSA) is 76.4 Å². The number of hydrogen-bond acceptors (Lipinski definition) is 3. The largest absolute Gasteiger partial charge is 0.504 e. The fourth-order valence-corrected chi connectivity index (χ4v) is 1.33. The van der Waals surface area contributed by atoms with Crippen molar-refractivity contribution in [3.8, 4) is 11.5 Å². The summed E-state index contributed by atoms with van der Waals surface area (Å²) in [6.07, 6.45) is 1.75. The summed E-state index contributed by atoms with van der Waals surface area (Å²) in [5.41, 5.74) is 5.72. The fraction of sp³-hybridized carbons (Fsp3) is 0.400. The second kappa shape index (κ2) is 4.63. The third-order valence-corrected chi connectivity index (χ3v) is 2.10. The molecule has 0 atom stereocenters. The molecule has 5 heteroatoms. The Morgan fingerprint density at radius 1 is 1.67 bits per heavy atom. The predicted octanol–water partition coefficient (Wildman–Crippen LogP) is -0.128. The molecule has 1 rings (SSSR count). The molecule has 1 aromatic heterocycles. The van der Waals surface area contributed by atoms with E-state index in [4.69, 9.17) is 10.5 Å². The molecule has 0 unspecified atom stereocenters. The van der Waals surface area contributed by atoms with Crippen LogP contribution in [0, 0.1) is 6.92 Å². The van der Waals surface area contributed by atoms with Gasteiger partial charge in [0, 0.05) is 13.0 Å². The van der Waals surface area contributed by atoms with Gasteiger partial charge in [0.25, 0.3) is 5.91 Å². The van der Waals surface area contributed by atoms with E-state index in [1.807, 2.05) is 11.5 Å². The smallest absolute Gasteiger partial charge is 0.255 e. The van der Waals surface area contributed by atoms with Gasteiger partial charge in [-0.05, 0) is 6.92 Å². The number of primary amides is 1. The van der Waals surface area contributed by atoms with E-state index in [1.54, 1.807) is 13.1 Å². The maximum absolute atomic E-state index is 10.6. The first-order valence-electron chi connectivity index (χ1n) is 4.69. The molecule has 0 aliphatic rings. The lowest BCUT2D eigenvalue weighted by molar-refractivity contribution is -0.699. The molecule has 3 N–H and O–H groups in total. The molecule has 0 radical (unpaired) electrons. The fourth-order valence-electron chi connectivity index (χ4n) is 1.33. The van der Waals surface area contributed by atoms with E-state index in [-0.39, 0.29) is 12.4 Å². The standard InChI is InChI=1S/C10H14N2O3/c1-3-12-5-4-8(13)10(7(12)2)15-6-9(11)14/h4-5H,3,6H2,1-2H3,(H2,11,14)/p+1. The van der Waals surface area contributed by atoms with Gasteiger partial charge in [-0.15, -0.1) is 0 Å². The van der Waals surface area contributed by atoms with Gasteiger partial charge in [-0.3, -0.25) is 4.79 Å². The zero-order chi connectivity index (χ0) is 11.4. The van der Waals surface area contributed by atoms with E-state index in [1.165, 1.54) is 6.07 Å². The van der Waals surface area contributed by atoms with E-state index in [2.05, 4.69) is 0 Å². The van der Waals surface area contributed by atoms with Crippen molar-refractivity contribution < 1.29 is 19.2 Å². The van der Waals surface area contributed by atoms with Crippen LogP contribution in [0.4, 0.5) is 0 Å². The summed E-state index contributed by atoms with van der Waals surface area (Å²) in [6.45, 7) is 4.31. The second-order valence-electron chi connectivity index (χ2n) is 3.16. The Morgan fingerprint density at radius 3 is 2.87 bits per heavy atom. The molecule has 0 saturated carbocycles. The zero-order valence-electron chi connectivity index (χ0n) is 8.86. The number of amides is 1. The number of aromatic nitrogens is 1. The van der Waals surface area contributed by atoms with Gasteiger partial charge in [0.1, 0.15) is 6.54 Å². The Hall–Kier alpha value is -1.78. The van der Waals surface area contributed by atoms with Crippen LogP contribution in [0.2, 0.25) is 0 Å². The first-order valence-corrected chi connectivity index (χ1v) is 4.69. The average Bonchev–Trinajstić information content (AvgIpc) is 2.17. The van der Waals surface area contributed by atoms with Crippen molar-refractivity contribution >= 4 is 5.91 Å². The maximum atomic E-state index is 10.6. The molecule has 1 aromatic rings. The first-order chi connectivity index (χ1) is 7.06. The first kappa shape index (κ1) is 11.3. The zero-order valence-corrected chi connectivity index (χ0v) is 8.86. The minimum absolute atomic E-state index is 0.0125. The van der Waals surface area contributed by atoms with Crippen molar-refractivity contribution in [3.05, 3.63) is 18.0 Å². The molecule has 15 heavy (non-hydrogen) atoms. The van der Waals surface area contributed by atoms with Gasteiger partial charge in [0.05, 0.1) is 0 Å². The van der Waals surface area contributed by atoms with Crippen molar-refractivity contribution in [2.45, 2.75) is 20.4 Å². The summed E-state index contributed by atoms with van der Waals surface area (Å²) in [4.78, 5) is 10.6. The number of rotatable bonds is 4. The number of aromatic hydroxyl groups is 1. The van der Waals surface area contributed by atoms with Crippen LogP contribution in [0.25, 0.3) is 0 Å². The number of aryl methyl sites for hydroxylation is 1. The predicted molar refractivity (Wildman–Crippen MR) is 53.4 cm³/mol. The molecule has 1 amide bonds. The molecule has 0 saturated heterocycles. The van der Waals surface area contributed by atoms with Crippen LogP contribution < -0.4 is 15.0 Å². The number of carbonyl (C=O) groups is 1. The van der Waals surface area contributed by atoms with Crippen LogP contribution in [0.15, 0.2) is 12.3 Å². The SMILES string of the molecule is CC[n+]1ccc(O)c(OCC(N)=O)c1C. The monoisotopic (exact) mass is 211 g/mol. The quantitative estimate of drug-likeness (QED) is 0.681. The highest BCUT2D eigenvalue weighted by molar-refractivity contribution is 5.75. The number of pyridine rings is 1. The van der Waals surface area contributed by atoms with Gasteiger partial charge in [-0.2, -0.15) is 4.57 Å². The van der Waals surface area contributed by atoms with Gasteiger partial charge in [0.15, 0.2) is 18.6 Å². The molecular weight excluding hydrogens is 196 g/mol. The Labute approximate surface area is 88.1 Å². The van der Waals surface area contributed by atoms with E-state index >= 15 is 0 Å². The van der Waals surface area contributed by atoms with Crippen molar-refractivity contribution in [1.82, 2.24) is 0 Å². The lowest BCUT2D eigenvalue weighted by atomic mass is 10.3. The molecule has 0 aliphatic heterocycles. The summed E-state index contributed by atoms with van der Waals surface area (Å²) in [7, 11) is 0. The number of hydrogen-bond donors (Lipinski definition) is 2. The van der Waals surface area contributed by atoms with Crippen molar-refractivity contribution in [1.29, 1.82) is 0 Å². The van der Waals surface area contributed by atoms with Crippen LogP contribution in [-0.2, 0) is 11.3 Å². The van der Waals surface area contributed by atoms with Crippen molar-refractivity contribution in [2.75, 3.05) is 6.61 Å². The number of nitrogens with zero attached hydrogens (tertiary/aromatic N) is 1. The Morgan fingerprint density at radius 2 is 2.33 bits per heavy atom. The maximum Gasteiger partial charge on any atom is 0.255 e. The van der Waals surface area contributed by atoms with E-state index in [0.717, 1.165) is 12.2 Å². The van der Waals surface area contributed by atoms with Crippen LogP contribution in [0.3, 0.4) is 0 Å². The molecule has 0 aliphatic carbocycles. The van der Waals surface area contributed by atoms with Gasteiger partial charge >= 0.3 is 0 Å². The van der Waals surface area contributed by atoms with Crippen LogP contribution in [0.5, 0.6) is 11.5 Å². The molecule has 82 valence electrons. The minimum atomic E-state index is -0.569. The third kappa shape index (κ3) is 2.59. The molecular formula is C10H15N2O3+. The van der Waals surface area contributed by atoms with Crippen LogP contribution >= 0.6 is 0 Å². The number of ether oxygens (including phenoxy) is 1. The minimum Gasteiger partial charge on any atom is -0.504 e. The lowest BCUT2D eigenvalue weighted by Crippen LogP contribution is -2.36. The number of carbonyl (C=O) groups excluding carboxylic acids is 1. The number of nitrogens with two attached hydrogens (primary N) is 1. The van der Waals surface area contributed by atoms with Gasteiger partial charge in [0.2, 0.25) is 11.4 Å².